The van der Waals surface area contributed by atoms with Crippen LogP contribution in [-0.2, 0) is 9.53 Å². The molecule has 1 rings (SSSR count). The molecule has 0 radical (unpaired) electrons. The third-order valence-electron chi connectivity index (χ3n) is 2.75. The summed E-state index contributed by atoms with van der Waals surface area (Å²) in [6.07, 6.45) is 3.76. The summed E-state index contributed by atoms with van der Waals surface area (Å²) in [5.41, 5.74) is 0.339. The summed E-state index contributed by atoms with van der Waals surface area (Å²) in [5, 5.41) is 0. The summed E-state index contributed by atoms with van der Waals surface area (Å²) < 4.78 is 4.96. The Labute approximate surface area is 67.9 Å². The van der Waals surface area contributed by atoms with E-state index in [0.29, 0.717) is 18.4 Å². The molecule has 0 aromatic carbocycles. The van der Waals surface area contributed by atoms with Crippen LogP contribution in [0.15, 0.2) is 0 Å². The van der Waals surface area contributed by atoms with Crippen molar-refractivity contribution in [2.24, 2.45) is 5.41 Å². The Kier molecular flexibility index (Phi) is 2.53. The molecule has 1 unspecified atom stereocenters. The largest absolute Gasteiger partial charge is 0.466 e. The van der Waals surface area contributed by atoms with E-state index in [9.17, 15) is 4.79 Å². The molecule has 2 nitrogen and oxygen atoms in total. The van der Waals surface area contributed by atoms with Crippen LogP contribution in [0.1, 0.15) is 39.5 Å². The van der Waals surface area contributed by atoms with Crippen molar-refractivity contribution in [2.75, 3.05) is 6.61 Å². The summed E-state index contributed by atoms with van der Waals surface area (Å²) in [6.45, 7) is 5.02. The van der Waals surface area contributed by atoms with Gasteiger partial charge in [-0.3, -0.25) is 4.79 Å². The van der Waals surface area contributed by atoms with Gasteiger partial charge in [0, 0.05) is 6.42 Å². The molecule has 2 heteroatoms. The molecule has 1 saturated heterocycles. The van der Waals surface area contributed by atoms with Crippen LogP contribution in [0.5, 0.6) is 0 Å². The van der Waals surface area contributed by atoms with Crippen molar-refractivity contribution in [1.82, 2.24) is 0 Å². The van der Waals surface area contributed by atoms with E-state index in [4.69, 9.17) is 4.74 Å². The molecule has 64 valence electrons. The molecule has 0 aromatic heterocycles. The lowest BCUT2D eigenvalue weighted by Crippen LogP contribution is -2.14. The summed E-state index contributed by atoms with van der Waals surface area (Å²) in [6, 6.07) is 0. The van der Waals surface area contributed by atoms with Crippen molar-refractivity contribution in [1.29, 1.82) is 0 Å². The number of hydrogen-bond acceptors (Lipinski definition) is 2. The molecule has 0 saturated carbocycles. The molecule has 1 atom stereocenters. The van der Waals surface area contributed by atoms with E-state index in [1.54, 1.807) is 0 Å². The van der Waals surface area contributed by atoms with Crippen molar-refractivity contribution >= 4 is 5.97 Å². The fraction of sp³-hybridized carbons (Fsp3) is 0.889. The normalized spacial score (nSPS) is 32.7. The average Bonchev–Trinajstić information content (AvgIpc) is 2.15. The van der Waals surface area contributed by atoms with E-state index in [0.717, 1.165) is 19.3 Å². The predicted octanol–water partition coefficient (Wildman–Crippen LogP) is 2.13. The Balaban J connectivity index is 2.52. The number of cyclic esters (lactones) is 1. The summed E-state index contributed by atoms with van der Waals surface area (Å²) in [5.74, 6) is -0.0258. The van der Waals surface area contributed by atoms with Crippen LogP contribution in [0, 0.1) is 5.41 Å². The van der Waals surface area contributed by atoms with Crippen LogP contribution < -0.4 is 0 Å². The first-order valence-corrected chi connectivity index (χ1v) is 4.32. The standard InChI is InChI=1S/C9H16O2/c1-3-9(2)5-4-8(10)11-7-6-9/h3-7H2,1-2H3. The van der Waals surface area contributed by atoms with Gasteiger partial charge in [-0.2, -0.15) is 0 Å². The van der Waals surface area contributed by atoms with E-state index in [1.165, 1.54) is 0 Å². The van der Waals surface area contributed by atoms with E-state index in [2.05, 4.69) is 13.8 Å². The number of esters is 1. The Morgan fingerprint density at radius 2 is 2.27 bits per heavy atom. The maximum Gasteiger partial charge on any atom is 0.305 e. The SMILES string of the molecule is CCC1(C)CCOC(=O)CC1. The zero-order valence-corrected chi connectivity index (χ0v) is 7.35. The molecule has 0 N–H and O–H groups in total. The average molecular weight is 156 g/mol. The van der Waals surface area contributed by atoms with Crippen LogP contribution in [0.4, 0.5) is 0 Å². The maximum absolute atomic E-state index is 10.9. The number of hydrogen-bond donors (Lipinski definition) is 0. The molecule has 1 aliphatic rings. The minimum absolute atomic E-state index is 0.0258. The van der Waals surface area contributed by atoms with E-state index in [-0.39, 0.29) is 5.97 Å². The van der Waals surface area contributed by atoms with Crippen molar-refractivity contribution in [3.05, 3.63) is 0 Å². The van der Waals surface area contributed by atoms with Gasteiger partial charge in [-0.25, -0.2) is 0 Å². The van der Waals surface area contributed by atoms with Gasteiger partial charge in [-0.15, -0.1) is 0 Å². The van der Waals surface area contributed by atoms with Gasteiger partial charge in [0.1, 0.15) is 0 Å². The first kappa shape index (κ1) is 8.57. The zero-order chi connectivity index (χ0) is 8.32. The van der Waals surface area contributed by atoms with Crippen LogP contribution in [0.25, 0.3) is 0 Å². The lowest BCUT2D eigenvalue weighted by Gasteiger charge is -2.24. The van der Waals surface area contributed by atoms with Crippen LogP contribution >= 0.6 is 0 Å². The Morgan fingerprint density at radius 3 is 2.91 bits per heavy atom. The van der Waals surface area contributed by atoms with Crippen LogP contribution in [-0.4, -0.2) is 12.6 Å². The topological polar surface area (TPSA) is 26.3 Å². The first-order chi connectivity index (χ1) is 5.16. The monoisotopic (exact) mass is 156 g/mol. The van der Waals surface area contributed by atoms with Gasteiger partial charge >= 0.3 is 5.97 Å². The number of carbonyl (C=O) groups is 1. The van der Waals surface area contributed by atoms with Crippen molar-refractivity contribution in [2.45, 2.75) is 39.5 Å². The van der Waals surface area contributed by atoms with Crippen molar-refractivity contribution in [3.8, 4) is 0 Å². The second-order valence-electron chi connectivity index (χ2n) is 3.63. The van der Waals surface area contributed by atoms with E-state index >= 15 is 0 Å². The highest BCUT2D eigenvalue weighted by molar-refractivity contribution is 5.69. The highest BCUT2D eigenvalue weighted by atomic mass is 16.5. The number of ether oxygens (including phenoxy) is 1. The molecule has 0 bridgehead atoms. The lowest BCUT2D eigenvalue weighted by molar-refractivity contribution is -0.142. The van der Waals surface area contributed by atoms with Gasteiger partial charge in [0.15, 0.2) is 0 Å². The third-order valence-corrected chi connectivity index (χ3v) is 2.75. The minimum Gasteiger partial charge on any atom is -0.466 e. The molecule has 1 heterocycles. The van der Waals surface area contributed by atoms with Gasteiger partial charge in [-0.05, 0) is 18.3 Å². The molecular weight excluding hydrogens is 140 g/mol. The summed E-state index contributed by atoms with van der Waals surface area (Å²) >= 11 is 0. The van der Waals surface area contributed by atoms with Gasteiger partial charge in [0.05, 0.1) is 6.61 Å². The van der Waals surface area contributed by atoms with Gasteiger partial charge in [0.2, 0.25) is 0 Å². The Hall–Kier alpha value is -0.530. The molecular formula is C9H16O2. The quantitative estimate of drug-likeness (QED) is 0.544. The molecule has 0 amide bonds. The highest BCUT2D eigenvalue weighted by Crippen LogP contribution is 2.33. The number of rotatable bonds is 1. The highest BCUT2D eigenvalue weighted by Gasteiger charge is 2.26. The first-order valence-electron chi connectivity index (χ1n) is 4.32. The van der Waals surface area contributed by atoms with Gasteiger partial charge in [-0.1, -0.05) is 20.3 Å². The minimum atomic E-state index is -0.0258. The molecule has 11 heavy (non-hydrogen) atoms. The lowest BCUT2D eigenvalue weighted by atomic mass is 9.80. The Morgan fingerprint density at radius 1 is 1.55 bits per heavy atom. The van der Waals surface area contributed by atoms with Crippen LogP contribution in [0.2, 0.25) is 0 Å². The molecule has 0 spiro atoms. The molecule has 1 aliphatic heterocycles. The maximum atomic E-state index is 10.9. The third kappa shape index (κ3) is 2.21. The molecule has 0 aromatic rings. The molecule has 0 aliphatic carbocycles. The van der Waals surface area contributed by atoms with Gasteiger partial charge < -0.3 is 4.74 Å². The number of carbonyl (C=O) groups excluding carboxylic acids is 1. The van der Waals surface area contributed by atoms with Crippen molar-refractivity contribution < 1.29 is 9.53 Å². The fourth-order valence-corrected chi connectivity index (χ4v) is 1.37. The summed E-state index contributed by atoms with van der Waals surface area (Å²) in [7, 11) is 0. The Bertz CT molecular complexity index is 154. The predicted molar refractivity (Wildman–Crippen MR) is 43.2 cm³/mol. The smallest absolute Gasteiger partial charge is 0.305 e. The van der Waals surface area contributed by atoms with Gasteiger partial charge in [0.25, 0.3) is 0 Å². The van der Waals surface area contributed by atoms with E-state index < -0.39 is 0 Å². The van der Waals surface area contributed by atoms with Crippen LogP contribution in [0.3, 0.4) is 0 Å². The second kappa shape index (κ2) is 3.24. The van der Waals surface area contributed by atoms with E-state index in [1.807, 2.05) is 0 Å². The fourth-order valence-electron chi connectivity index (χ4n) is 1.37. The summed E-state index contributed by atoms with van der Waals surface area (Å²) in [4.78, 5) is 10.9. The van der Waals surface area contributed by atoms with Crippen molar-refractivity contribution in [3.63, 3.8) is 0 Å². The molecule has 1 fully saturated rings. The zero-order valence-electron chi connectivity index (χ0n) is 7.35. The second-order valence-corrected chi connectivity index (χ2v) is 3.63.